The van der Waals surface area contributed by atoms with Crippen LogP contribution in [0.5, 0.6) is 0 Å². The maximum absolute atomic E-state index is 12.9. The summed E-state index contributed by atoms with van der Waals surface area (Å²) >= 11 is 6.14. The molecule has 2 N–H and O–H groups in total. The number of rotatable bonds is 6. The smallest absolute Gasteiger partial charge is 0.242 e. The molecule has 7 nitrogen and oxygen atoms in total. The van der Waals surface area contributed by atoms with Gasteiger partial charge in [0.2, 0.25) is 11.8 Å². The molecule has 182 valence electrons. The van der Waals surface area contributed by atoms with Crippen LogP contribution in [-0.2, 0) is 9.59 Å². The van der Waals surface area contributed by atoms with E-state index in [0.29, 0.717) is 13.1 Å². The molecule has 3 heterocycles. The van der Waals surface area contributed by atoms with Gasteiger partial charge in [-0.1, -0.05) is 17.7 Å². The van der Waals surface area contributed by atoms with E-state index in [1.807, 2.05) is 44.0 Å². The van der Waals surface area contributed by atoms with Crippen molar-refractivity contribution in [3.05, 3.63) is 29.3 Å². The first kappa shape index (κ1) is 24.3. The number of likely N-dealkylation sites (tertiary alicyclic amines) is 1. The van der Waals surface area contributed by atoms with E-state index in [0.717, 1.165) is 63.4 Å². The van der Waals surface area contributed by atoms with Crippen molar-refractivity contribution in [3.8, 4) is 0 Å². The predicted octanol–water partition coefficient (Wildman–Crippen LogP) is 2.35. The Bertz CT molecular complexity index is 860. The number of carbonyl (C=O) groups is 2. The van der Waals surface area contributed by atoms with Gasteiger partial charge in [-0.15, -0.1) is 0 Å². The minimum atomic E-state index is -0.568. The van der Waals surface area contributed by atoms with Gasteiger partial charge in [0.1, 0.15) is 0 Å². The molecule has 1 atom stereocenters. The highest BCUT2D eigenvalue weighted by Gasteiger charge is 2.49. The monoisotopic (exact) mass is 475 g/mol. The second-order valence-corrected chi connectivity index (χ2v) is 10.9. The topological polar surface area (TPSA) is 67.9 Å². The summed E-state index contributed by atoms with van der Waals surface area (Å²) in [7, 11) is 1.81. The third-order valence-corrected chi connectivity index (χ3v) is 8.20. The molecule has 0 radical (unpaired) electrons. The number of nitrogens with one attached hydrogen (secondary N) is 2. The van der Waals surface area contributed by atoms with Gasteiger partial charge in [0, 0.05) is 62.6 Å². The van der Waals surface area contributed by atoms with Gasteiger partial charge in [-0.2, -0.15) is 0 Å². The van der Waals surface area contributed by atoms with Crippen molar-refractivity contribution in [1.82, 2.24) is 20.4 Å². The molecule has 4 rings (SSSR count). The number of benzene rings is 1. The van der Waals surface area contributed by atoms with Crippen molar-refractivity contribution in [1.29, 1.82) is 0 Å². The van der Waals surface area contributed by atoms with Crippen LogP contribution >= 0.6 is 11.6 Å². The van der Waals surface area contributed by atoms with Gasteiger partial charge in [0.15, 0.2) is 0 Å². The Morgan fingerprint density at radius 3 is 2.52 bits per heavy atom. The van der Waals surface area contributed by atoms with E-state index < -0.39 is 5.54 Å². The van der Waals surface area contributed by atoms with Gasteiger partial charge in [-0.25, -0.2) is 0 Å². The fourth-order valence-electron chi connectivity index (χ4n) is 5.44. The fraction of sp³-hybridized carbons (Fsp3) is 0.680. The summed E-state index contributed by atoms with van der Waals surface area (Å²) in [4.78, 5) is 32.5. The van der Waals surface area contributed by atoms with Crippen molar-refractivity contribution in [2.24, 2.45) is 5.41 Å². The zero-order chi connectivity index (χ0) is 23.6. The molecule has 3 saturated heterocycles. The van der Waals surface area contributed by atoms with Gasteiger partial charge in [-0.3, -0.25) is 14.5 Å². The predicted molar refractivity (Wildman–Crippen MR) is 133 cm³/mol. The van der Waals surface area contributed by atoms with Crippen molar-refractivity contribution >= 4 is 29.1 Å². The molecule has 33 heavy (non-hydrogen) atoms. The Morgan fingerprint density at radius 2 is 1.88 bits per heavy atom. The van der Waals surface area contributed by atoms with E-state index >= 15 is 0 Å². The van der Waals surface area contributed by atoms with Crippen LogP contribution < -0.4 is 15.5 Å². The molecule has 0 bridgehead atoms. The number of amides is 2. The standard InChI is InChI=1S/C25H38ClN5O2/c1-24(2,27-3)23(33)31-11-8-25(9-12-31)18-20(28-22(25)32)7-10-29-13-15-30(16-14-29)21-6-4-5-19(26)17-21/h4-6,17,20,27H,7-16,18H2,1-3H3,(H,28,32)/t20-/m0/s1. The first-order chi connectivity index (χ1) is 15.7. The molecular formula is C25H38ClN5O2. The number of hydrogen-bond donors (Lipinski definition) is 2. The molecule has 3 aliphatic rings. The van der Waals surface area contributed by atoms with Gasteiger partial charge in [0.05, 0.1) is 11.0 Å². The number of likely N-dealkylation sites (N-methyl/N-ethyl adjacent to an activating group) is 1. The van der Waals surface area contributed by atoms with E-state index in [1.54, 1.807) is 0 Å². The summed E-state index contributed by atoms with van der Waals surface area (Å²) < 4.78 is 0. The molecule has 1 aromatic carbocycles. The lowest BCUT2D eigenvalue weighted by atomic mass is 9.75. The third-order valence-electron chi connectivity index (χ3n) is 7.96. The average Bonchev–Trinajstić information content (AvgIpc) is 3.12. The summed E-state index contributed by atoms with van der Waals surface area (Å²) in [6.45, 7) is 10.2. The van der Waals surface area contributed by atoms with Crippen molar-refractivity contribution in [2.75, 3.05) is 57.8 Å². The summed E-state index contributed by atoms with van der Waals surface area (Å²) in [5.74, 6) is 0.310. The maximum Gasteiger partial charge on any atom is 0.242 e. The molecule has 1 spiro atoms. The van der Waals surface area contributed by atoms with E-state index in [9.17, 15) is 9.59 Å². The number of nitrogens with zero attached hydrogens (tertiary/aromatic N) is 3. The van der Waals surface area contributed by atoms with E-state index in [4.69, 9.17) is 11.6 Å². The van der Waals surface area contributed by atoms with Gasteiger partial charge in [-0.05, 0) is 64.8 Å². The molecular weight excluding hydrogens is 438 g/mol. The van der Waals surface area contributed by atoms with E-state index in [2.05, 4.69) is 26.5 Å². The van der Waals surface area contributed by atoms with Crippen LogP contribution in [0.2, 0.25) is 5.02 Å². The summed E-state index contributed by atoms with van der Waals surface area (Å²) in [5.41, 5.74) is 0.327. The van der Waals surface area contributed by atoms with E-state index in [1.165, 1.54) is 5.69 Å². The Kier molecular flexibility index (Phi) is 7.22. The lowest BCUT2D eigenvalue weighted by Gasteiger charge is -2.40. The zero-order valence-corrected chi connectivity index (χ0v) is 21.0. The highest BCUT2D eigenvalue weighted by molar-refractivity contribution is 6.30. The Hall–Kier alpha value is -1.83. The first-order valence-electron chi connectivity index (χ1n) is 12.2. The molecule has 0 aromatic heterocycles. The highest BCUT2D eigenvalue weighted by Crippen LogP contribution is 2.41. The summed E-state index contributed by atoms with van der Waals surface area (Å²) in [6.07, 6.45) is 3.41. The number of anilines is 1. The van der Waals surface area contributed by atoms with Crippen LogP contribution in [0, 0.1) is 5.41 Å². The number of piperazine rings is 1. The second-order valence-electron chi connectivity index (χ2n) is 10.4. The van der Waals surface area contributed by atoms with Crippen LogP contribution in [0.4, 0.5) is 5.69 Å². The molecule has 0 saturated carbocycles. The number of carbonyl (C=O) groups excluding carboxylic acids is 2. The molecule has 3 fully saturated rings. The third kappa shape index (κ3) is 5.31. The van der Waals surface area contributed by atoms with Crippen molar-refractivity contribution in [3.63, 3.8) is 0 Å². The van der Waals surface area contributed by atoms with Crippen LogP contribution in [0.15, 0.2) is 24.3 Å². The average molecular weight is 476 g/mol. The number of piperidine rings is 1. The van der Waals surface area contributed by atoms with E-state index in [-0.39, 0.29) is 23.3 Å². The van der Waals surface area contributed by atoms with Crippen LogP contribution in [0.1, 0.15) is 39.5 Å². The SMILES string of the molecule is CNC(C)(C)C(=O)N1CCC2(CC1)C[C@H](CCN1CCN(c3cccc(Cl)c3)CC1)NC2=O. The first-order valence-corrected chi connectivity index (χ1v) is 12.6. The number of hydrogen-bond acceptors (Lipinski definition) is 5. The quantitative estimate of drug-likeness (QED) is 0.661. The van der Waals surface area contributed by atoms with Crippen LogP contribution in [-0.4, -0.2) is 86.1 Å². The number of halogens is 1. The minimum Gasteiger partial charge on any atom is -0.369 e. The maximum atomic E-state index is 12.9. The second kappa shape index (κ2) is 9.80. The minimum absolute atomic E-state index is 0.117. The van der Waals surface area contributed by atoms with Crippen LogP contribution in [0.25, 0.3) is 0 Å². The highest BCUT2D eigenvalue weighted by atomic mass is 35.5. The lowest BCUT2D eigenvalue weighted by Crippen LogP contribution is -2.56. The molecule has 2 amide bonds. The fourth-order valence-corrected chi connectivity index (χ4v) is 5.62. The zero-order valence-electron chi connectivity index (χ0n) is 20.2. The van der Waals surface area contributed by atoms with Crippen LogP contribution in [0.3, 0.4) is 0 Å². The molecule has 0 aliphatic carbocycles. The summed E-state index contributed by atoms with van der Waals surface area (Å²) in [5, 5.41) is 7.15. The largest absolute Gasteiger partial charge is 0.369 e. The Balaban J connectivity index is 1.23. The Morgan fingerprint density at radius 1 is 1.18 bits per heavy atom. The van der Waals surface area contributed by atoms with Gasteiger partial charge < -0.3 is 20.4 Å². The molecule has 8 heteroatoms. The summed E-state index contributed by atoms with van der Waals surface area (Å²) in [6, 6.07) is 8.30. The van der Waals surface area contributed by atoms with Gasteiger partial charge >= 0.3 is 0 Å². The molecule has 0 unspecified atom stereocenters. The molecule has 1 aromatic rings. The lowest BCUT2D eigenvalue weighted by molar-refractivity contribution is -0.142. The van der Waals surface area contributed by atoms with Crippen molar-refractivity contribution in [2.45, 2.75) is 51.1 Å². The van der Waals surface area contributed by atoms with Crippen molar-refractivity contribution < 1.29 is 9.59 Å². The normalized spacial score (nSPS) is 23.8. The molecule has 3 aliphatic heterocycles. The van der Waals surface area contributed by atoms with Gasteiger partial charge in [0.25, 0.3) is 0 Å². The Labute approximate surface area is 202 Å².